The van der Waals surface area contributed by atoms with Crippen LogP contribution in [0.3, 0.4) is 0 Å². The lowest BCUT2D eigenvalue weighted by atomic mass is 10.1. The number of carbonyl (C=O) groups excluding carboxylic acids is 1. The number of para-hydroxylation sites is 2. The fourth-order valence-electron chi connectivity index (χ4n) is 4.66. The zero-order chi connectivity index (χ0) is 19.3. The highest BCUT2D eigenvalue weighted by Crippen LogP contribution is 2.36. The fourth-order valence-corrected chi connectivity index (χ4v) is 4.66. The molecule has 6 nitrogen and oxygen atoms in total. The van der Waals surface area contributed by atoms with Crippen LogP contribution >= 0.6 is 0 Å². The first-order valence-electron chi connectivity index (χ1n) is 9.96. The van der Waals surface area contributed by atoms with E-state index in [9.17, 15) is 4.79 Å². The molecular formula is C22H24N4O2. The first kappa shape index (κ1) is 17.2. The monoisotopic (exact) mass is 376 g/mol. The average molecular weight is 376 g/mol. The van der Waals surface area contributed by atoms with Crippen LogP contribution in [0.4, 0.5) is 0 Å². The fraction of sp³-hybridized carbons (Fsp3) is 0.409. The summed E-state index contributed by atoms with van der Waals surface area (Å²) in [7, 11) is 3.62. The lowest BCUT2D eigenvalue weighted by Gasteiger charge is -2.25. The van der Waals surface area contributed by atoms with E-state index in [1.807, 2.05) is 36.2 Å². The Hall–Kier alpha value is -2.89. The van der Waals surface area contributed by atoms with Crippen LogP contribution in [0.1, 0.15) is 52.7 Å². The Kier molecular flexibility index (Phi) is 4.07. The Balaban J connectivity index is 1.53. The summed E-state index contributed by atoms with van der Waals surface area (Å²) >= 11 is 0. The maximum absolute atomic E-state index is 13.5. The van der Waals surface area contributed by atoms with E-state index in [1.54, 1.807) is 7.11 Å². The number of amides is 1. The molecule has 1 aliphatic carbocycles. The predicted molar refractivity (Wildman–Crippen MR) is 107 cm³/mol. The molecular weight excluding hydrogens is 352 g/mol. The number of benzene rings is 1. The predicted octanol–water partition coefficient (Wildman–Crippen LogP) is 3.44. The van der Waals surface area contributed by atoms with Gasteiger partial charge in [-0.3, -0.25) is 4.79 Å². The molecule has 1 aliphatic heterocycles. The average Bonchev–Trinajstić information content (AvgIpc) is 3.45. The maximum Gasteiger partial charge on any atom is 0.259 e. The van der Waals surface area contributed by atoms with E-state index in [4.69, 9.17) is 9.72 Å². The maximum atomic E-state index is 13.5. The molecule has 1 saturated heterocycles. The zero-order valence-electron chi connectivity index (χ0n) is 16.3. The third kappa shape index (κ3) is 2.58. The van der Waals surface area contributed by atoms with Crippen molar-refractivity contribution in [2.75, 3.05) is 13.7 Å². The van der Waals surface area contributed by atoms with Gasteiger partial charge < -0.3 is 14.2 Å². The number of hydrogen-bond donors (Lipinski definition) is 0. The van der Waals surface area contributed by atoms with E-state index in [0.29, 0.717) is 11.4 Å². The minimum Gasteiger partial charge on any atom is -0.480 e. The molecule has 0 radical (unpaired) electrons. The van der Waals surface area contributed by atoms with Gasteiger partial charge in [-0.25, -0.2) is 9.97 Å². The molecule has 0 saturated carbocycles. The van der Waals surface area contributed by atoms with Crippen LogP contribution in [0.25, 0.3) is 11.0 Å². The van der Waals surface area contributed by atoms with Gasteiger partial charge in [-0.1, -0.05) is 12.1 Å². The lowest BCUT2D eigenvalue weighted by Crippen LogP contribution is -2.32. The van der Waals surface area contributed by atoms with E-state index in [1.165, 1.54) is 5.56 Å². The van der Waals surface area contributed by atoms with Crippen LogP contribution in [-0.2, 0) is 19.9 Å². The highest BCUT2D eigenvalue weighted by atomic mass is 16.5. The summed E-state index contributed by atoms with van der Waals surface area (Å²) in [6, 6.07) is 10.1. The summed E-state index contributed by atoms with van der Waals surface area (Å²) in [6.45, 7) is 0.729. The van der Waals surface area contributed by atoms with E-state index >= 15 is 0 Å². The summed E-state index contributed by atoms with van der Waals surface area (Å²) in [5.74, 6) is 1.38. The minimum absolute atomic E-state index is 0.00592. The number of ether oxygens (including phenoxy) is 1. The Morgan fingerprint density at radius 2 is 2.04 bits per heavy atom. The second kappa shape index (κ2) is 6.62. The van der Waals surface area contributed by atoms with Crippen molar-refractivity contribution in [2.45, 2.75) is 38.1 Å². The van der Waals surface area contributed by atoms with Crippen molar-refractivity contribution >= 4 is 16.9 Å². The number of imidazole rings is 1. The molecule has 1 aromatic carbocycles. The summed E-state index contributed by atoms with van der Waals surface area (Å²) in [4.78, 5) is 24.9. The topological polar surface area (TPSA) is 60.2 Å². The van der Waals surface area contributed by atoms with Gasteiger partial charge in [0.2, 0.25) is 5.88 Å². The quantitative estimate of drug-likeness (QED) is 0.703. The van der Waals surface area contributed by atoms with Gasteiger partial charge in [0.05, 0.1) is 24.2 Å². The normalized spacial score (nSPS) is 18.6. The molecule has 3 aromatic rings. The number of pyridine rings is 1. The Morgan fingerprint density at radius 3 is 2.86 bits per heavy atom. The van der Waals surface area contributed by atoms with Gasteiger partial charge in [-0.15, -0.1) is 0 Å². The van der Waals surface area contributed by atoms with Crippen molar-refractivity contribution in [3.05, 3.63) is 53.0 Å². The minimum atomic E-state index is -0.0251. The number of rotatable bonds is 3. The molecule has 1 amide bonds. The van der Waals surface area contributed by atoms with E-state index in [-0.39, 0.29) is 11.9 Å². The zero-order valence-corrected chi connectivity index (χ0v) is 16.3. The highest BCUT2D eigenvalue weighted by Gasteiger charge is 2.35. The van der Waals surface area contributed by atoms with Crippen molar-refractivity contribution in [3.8, 4) is 5.88 Å². The number of carbonyl (C=O) groups is 1. The third-order valence-corrected chi connectivity index (χ3v) is 6.07. The molecule has 2 aromatic heterocycles. The largest absolute Gasteiger partial charge is 0.480 e. The number of fused-ring (bicyclic) bond motifs is 2. The van der Waals surface area contributed by atoms with Gasteiger partial charge in [0.15, 0.2) is 0 Å². The molecule has 28 heavy (non-hydrogen) atoms. The molecule has 1 unspecified atom stereocenters. The number of aromatic nitrogens is 3. The van der Waals surface area contributed by atoms with Crippen LogP contribution in [0.15, 0.2) is 30.3 Å². The molecule has 0 N–H and O–H groups in total. The van der Waals surface area contributed by atoms with Gasteiger partial charge in [-0.05, 0) is 55.9 Å². The Labute approximate surface area is 164 Å². The number of methoxy groups -OCH3 is 1. The van der Waals surface area contributed by atoms with Crippen LogP contribution in [0, 0.1) is 0 Å². The number of aryl methyl sites for hydroxylation is 3. The van der Waals surface area contributed by atoms with Crippen LogP contribution in [0.2, 0.25) is 0 Å². The van der Waals surface area contributed by atoms with Crippen molar-refractivity contribution in [3.63, 3.8) is 0 Å². The standard InChI is InChI=1S/C22H24N4O2/c1-25-18-10-4-3-8-17(18)23-20(25)19-11-6-12-26(19)22(27)15-13-14-7-5-9-16(14)24-21(15)28-2/h3-4,8,10,13,19H,5-7,9,11-12H2,1-2H3. The third-order valence-electron chi connectivity index (χ3n) is 6.07. The molecule has 0 bridgehead atoms. The first-order chi connectivity index (χ1) is 13.7. The second-order valence-electron chi connectivity index (χ2n) is 7.68. The smallest absolute Gasteiger partial charge is 0.259 e. The molecule has 5 rings (SSSR count). The molecule has 0 spiro atoms. The summed E-state index contributed by atoms with van der Waals surface area (Å²) < 4.78 is 7.60. The Bertz CT molecular complexity index is 1070. The van der Waals surface area contributed by atoms with E-state index < -0.39 is 0 Å². The SMILES string of the molecule is COc1nc2c(cc1C(=O)N1CCCC1c1nc3ccccc3n1C)CCC2. The van der Waals surface area contributed by atoms with Crippen LogP contribution in [0.5, 0.6) is 5.88 Å². The molecule has 6 heteroatoms. The van der Waals surface area contributed by atoms with Gasteiger partial charge >= 0.3 is 0 Å². The molecule has 144 valence electrons. The summed E-state index contributed by atoms with van der Waals surface area (Å²) in [5.41, 5.74) is 4.89. The van der Waals surface area contributed by atoms with Gasteiger partial charge in [0, 0.05) is 19.3 Å². The van der Waals surface area contributed by atoms with Crippen molar-refractivity contribution in [2.24, 2.45) is 7.05 Å². The van der Waals surface area contributed by atoms with Crippen molar-refractivity contribution < 1.29 is 9.53 Å². The number of hydrogen-bond acceptors (Lipinski definition) is 4. The van der Waals surface area contributed by atoms with E-state index in [2.05, 4.69) is 15.6 Å². The van der Waals surface area contributed by atoms with E-state index in [0.717, 1.165) is 61.2 Å². The molecule has 1 fully saturated rings. The van der Waals surface area contributed by atoms with Crippen LogP contribution < -0.4 is 4.74 Å². The molecule has 1 atom stereocenters. The van der Waals surface area contributed by atoms with Crippen molar-refractivity contribution in [1.82, 2.24) is 19.4 Å². The second-order valence-corrected chi connectivity index (χ2v) is 7.68. The Morgan fingerprint density at radius 1 is 1.18 bits per heavy atom. The molecule has 3 heterocycles. The highest BCUT2D eigenvalue weighted by molar-refractivity contribution is 5.97. The number of nitrogens with zero attached hydrogens (tertiary/aromatic N) is 4. The van der Waals surface area contributed by atoms with Crippen LogP contribution in [-0.4, -0.2) is 39.0 Å². The lowest BCUT2D eigenvalue weighted by molar-refractivity contribution is 0.0724. The summed E-state index contributed by atoms with van der Waals surface area (Å²) in [6.07, 6.45) is 4.94. The summed E-state index contributed by atoms with van der Waals surface area (Å²) in [5, 5.41) is 0. The van der Waals surface area contributed by atoms with Gasteiger partial charge in [0.1, 0.15) is 11.4 Å². The van der Waals surface area contributed by atoms with Crippen molar-refractivity contribution in [1.29, 1.82) is 0 Å². The first-order valence-corrected chi connectivity index (χ1v) is 9.96. The van der Waals surface area contributed by atoms with Gasteiger partial charge in [-0.2, -0.15) is 0 Å². The molecule has 2 aliphatic rings. The number of likely N-dealkylation sites (tertiary alicyclic amines) is 1. The van der Waals surface area contributed by atoms with Gasteiger partial charge in [0.25, 0.3) is 5.91 Å².